The van der Waals surface area contributed by atoms with Crippen LogP contribution in [-0.2, 0) is 10.0 Å². The number of carbonyl (C=O) groups excluding carboxylic acids is 1. The zero-order valence-corrected chi connectivity index (χ0v) is 24.3. The fourth-order valence-corrected chi connectivity index (χ4v) is 4.92. The Morgan fingerprint density at radius 3 is 2.40 bits per heavy atom. The van der Waals surface area contributed by atoms with E-state index in [1.807, 2.05) is 6.92 Å². The van der Waals surface area contributed by atoms with E-state index < -0.39 is 15.9 Å². The van der Waals surface area contributed by atoms with Crippen molar-refractivity contribution in [3.63, 3.8) is 0 Å². The predicted molar refractivity (Wildman–Crippen MR) is 160 cm³/mol. The van der Waals surface area contributed by atoms with E-state index in [2.05, 4.69) is 15.2 Å². The molecule has 4 rings (SSSR count). The number of hydrogen-bond donors (Lipinski definition) is 2. The zero-order chi connectivity index (χ0) is 30.7. The van der Waals surface area contributed by atoms with Gasteiger partial charge in [-0.25, -0.2) is 18.2 Å². The monoisotopic (exact) mass is 607 g/mol. The number of hydrogen-bond acceptors (Lipinski definition) is 8. The molecule has 43 heavy (non-hydrogen) atoms. The standard InChI is InChI=1S/C31H30FN3O7S/c1-3-40-30-19-22(11-16-29(30)42-18-17-41-25-14-12-24(32)13-15-25)21-33-34-31(36)23-7-6-8-26(20-23)43(37,38)35-27-9-4-5-10-28(27)39-2/h4-16,19-21,35H,3,17-18H2,1-2H3,(H,34,36). The smallest absolute Gasteiger partial charge is 0.271 e. The first-order chi connectivity index (χ1) is 20.8. The van der Waals surface area contributed by atoms with E-state index in [9.17, 15) is 17.6 Å². The van der Waals surface area contributed by atoms with Crippen LogP contribution in [0.3, 0.4) is 0 Å². The first-order valence-electron chi connectivity index (χ1n) is 13.2. The van der Waals surface area contributed by atoms with Crippen LogP contribution < -0.4 is 29.1 Å². The lowest BCUT2D eigenvalue weighted by molar-refractivity contribution is 0.0955. The molecule has 0 aliphatic heterocycles. The number of halogens is 1. The van der Waals surface area contributed by atoms with E-state index in [0.717, 1.165) is 0 Å². The van der Waals surface area contributed by atoms with E-state index in [4.69, 9.17) is 18.9 Å². The van der Waals surface area contributed by atoms with Crippen LogP contribution in [0.25, 0.3) is 0 Å². The molecule has 4 aromatic rings. The number of sulfonamides is 1. The number of benzene rings is 4. The number of amides is 1. The number of ether oxygens (including phenoxy) is 4. The molecule has 224 valence electrons. The van der Waals surface area contributed by atoms with Crippen molar-refractivity contribution in [2.45, 2.75) is 11.8 Å². The molecule has 0 unspecified atom stereocenters. The van der Waals surface area contributed by atoms with Gasteiger partial charge in [-0.05, 0) is 85.3 Å². The topological polar surface area (TPSA) is 125 Å². The summed E-state index contributed by atoms with van der Waals surface area (Å²) in [6.45, 7) is 2.70. The van der Waals surface area contributed by atoms with Crippen molar-refractivity contribution in [1.29, 1.82) is 0 Å². The van der Waals surface area contributed by atoms with Crippen LogP contribution >= 0.6 is 0 Å². The fraction of sp³-hybridized carbons (Fsp3) is 0.161. The van der Waals surface area contributed by atoms with Gasteiger partial charge in [-0.15, -0.1) is 0 Å². The number of rotatable bonds is 14. The Morgan fingerprint density at radius 1 is 0.860 bits per heavy atom. The van der Waals surface area contributed by atoms with E-state index in [1.54, 1.807) is 42.5 Å². The van der Waals surface area contributed by atoms with Crippen LogP contribution in [0.1, 0.15) is 22.8 Å². The number of para-hydroxylation sites is 2. The van der Waals surface area contributed by atoms with Crippen LogP contribution in [-0.4, -0.2) is 47.5 Å². The Morgan fingerprint density at radius 2 is 1.63 bits per heavy atom. The minimum absolute atomic E-state index is 0.0988. The summed E-state index contributed by atoms with van der Waals surface area (Å²) in [5, 5.41) is 4.00. The van der Waals surface area contributed by atoms with Crippen LogP contribution in [0.5, 0.6) is 23.0 Å². The minimum Gasteiger partial charge on any atom is -0.495 e. The molecule has 0 aliphatic carbocycles. The summed E-state index contributed by atoms with van der Waals surface area (Å²) in [6, 6.07) is 23.0. The molecule has 0 bridgehead atoms. The molecular formula is C31H30FN3O7S. The Labute approximate surface area is 249 Å². The lowest BCUT2D eigenvalue weighted by atomic mass is 10.2. The Hall–Kier alpha value is -5.10. The number of methoxy groups -OCH3 is 1. The zero-order valence-electron chi connectivity index (χ0n) is 23.5. The average Bonchev–Trinajstić information content (AvgIpc) is 3.01. The third-order valence-corrected chi connectivity index (χ3v) is 7.19. The van der Waals surface area contributed by atoms with Crippen LogP contribution in [0.15, 0.2) is 101 Å². The molecule has 0 saturated carbocycles. The van der Waals surface area contributed by atoms with Crippen molar-refractivity contribution in [1.82, 2.24) is 5.43 Å². The average molecular weight is 608 g/mol. The van der Waals surface area contributed by atoms with E-state index in [1.165, 1.54) is 61.9 Å². The summed E-state index contributed by atoms with van der Waals surface area (Å²) < 4.78 is 63.6. The Balaban J connectivity index is 1.36. The molecule has 0 spiro atoms. The summed E-state index contributed by atoms with van der Waals surface area (Å²) in [5.41, 5.74) is 3.39. The number of nitrogens with zero attached hydrogens (tertiary/aromatic N) is 1. The highest BCUT2D eigenvalue weighted by atomic mass is 32.2. The summed E-state index contributed by atoms with van der Waals surface area (Å²) in [7, 11) is -2.56. The van der Waals surface area contributed by atoms with Crippen LogP contribution in [0.2, 0.25) is 0 Å². The van der Waals surface area contributed by atoms with Crippen molar-refractivity contribution in [3.05, 3.63) is 108 Å². The number of hydrazone groups is 1. The normalized spacial score (nSPS) is 11.1. The number of nitrogens with one attached hydrogen (secondary N) is 2. The number of carbonyl (C=O) groups is 1. The van der Waals surface area contributed by atoms with Crippen molar-refractivity contribution >= 4 is 27.8 Å². The van der Waals surface area contributed by atoms with Crippen molar-refractivity contribution in [2.24, 2.45) is 5.10 Å². The maximum Gasteiger partial charge on any atom is 0.271 e. The minimum atomic E-state index is -4.00. The van der Waals surface area contributed by atoms with Crippen molar-refractivity contribution in [2.75, 3.05) is 31.7 Å². The molecule has 0 saturated heterocycles. The summed E-state index contributed by atoms with van der Waals surface area (Å²) in [4.78, 5) is 12.6. The van der Waals surface area contributed by atoms with Gasteiger partial charge in [-0.1, -0.05) is 18.2 Å². The van der Waals surface area contributed by atoms with Gasteiger partial charge in [0.2, 0.25) is 0 Å². The third-order valence-electron chi connectivity index (χ3n) is 5.83. The quantitative estimate of drug-likeness (QED) is 0.114. The first-order valence-corrected chi connectivity index (χ1v) is 14.6. The number of anilines is 1. The Kier molecular flexibility index (Phi) is 10.5. The highest BCUT2D eigenvalue weighted by molar-refractivity contribution is 7.92. The lowest BCUT2D eigenvalue weighted by Gasteiger charge is -2.13. The molecule has 12 heteroatoms. The van der Waals surface area contributed by atoms with E-state index in [-0.39, 0.29) is 35.2 Å². The fourth-order valence-electron chi connectivity index (χ4n) is 3.80. The molecular weight excluding hydrogens is 577 g/mol. The van der Waals surface area contributed by atoms with Gasteiger partial charge in [0, 0.05) is 5.56 Å². The maximum absolute atomic E-state index is 13.0. The second-order valence-corrected chi connectivity index (χ2v) is 10.5. The lowest BCUT2D eigenvalue weighted by Crippen LogP contribution is -2.19. The van der Waals surface area contributed by atoms with Gasteiger partial charge in [0.1, 0.15) is 30.5 Å². The second-order valence-electron chi connectivity index (χ2n) is 8.82. The van der Waals surface area contributed by atoms with Gasteiger partial charge in [0.05, 0.1) is 30.5 Å². The van der Waals surface area contributed by atoms with Crippen LogP contribution in [0.4, 0.5) is 10.1 Å². The highest BCUT2D eigenvalue weighted by Crippen LogP contribution is 2.28. The first kappa shape index (κ1) is 30.8. The molecule has 0 aliphatic rings. The predicted octanol–water partition coefficient (Wildman–Crippen LogP) is 5.26. The molecule has 0 heterocycles. The van der Waals surface area contributed by atoms with Crippen molar-refractivity contribution in [3.8, 4) is 23.0 Å². The summed E-state index contributed by atoms with van der Waals surface area (Å²) in [6.07, 6.45) is 1.42. The van der Waals surface area contributed by atoms with Gasteiger partial charge in [-0.2, -0.15) is 5.10 Å². The molecule has 2 N–H and O–H groups in total. The van der Waals surface area contributed by atoms with Gasteiger partial charge in [-0.3, -0.25) is 9.52 Å². The van der Waals surface area contributed by atoms with Gasteiger partial charge in [0.15, 0.2) is 11.5 Å². The summed E-state index contributed by atoms with van der Waals surface area (Å²) in [5.74, 6) is 0.910. The summed E-state index contributed by atoms with van der Waals surface area (Å²) >= 11 is 0. The van der Waals surface area contributed by atoms with Gasteiger partial charge in [0.25, 0.3) is 15.9 Å². The van der Waals surface area contributed by atoms with E-state index >= 15 is 0 Å². The molecule has 0 fully saturated rings. The molecule has 0 aromatic heterocycles. The molecule has 0 atom stereocenters. The highest BCUT2D eigenvalue weighted by Gasteiger charge is 2.18. The third kappa shape index (κ3) is 8.69. The molecule has 4 aromatic carbocycles. The van der Waals surface area contributed by atoms with E-state index in [0.29, 0.717) is 35.2 Å². The largest absolute Gasteiger partial charge is 0.495 e. The molecule has 1 amide bonds. The van der Waals surface area contributed by atoms with Gasteiger partial charge >= 0.3 is 0 Å². The van der Waals surface area contributed by atoms with Crippen molar-refractivity contribution < 1.29 is 36.6 Å². The van der Waals surface area contributed by atoms with Gasteiger partial charge < -0.3 is 18.9 Å². The van der Waals surface area contributed by atoms with Crippen LogP contribution in [0, 0.1) is 5.82 Å². The molecule has 10 nitrogen and oxygen atoms in total. The maximum atomic E-state index is 13.0. The Bertz CT molecular complexity index is 1680. The molecule has 0 radical (unpaired) electrons. The SMILES string of the molecule is CCOc1cc(C=NNC(=O)c2cccc(S(=O)(=O)Nc3ccccc3OC)c2)ccc1OCCOc1ccc(F)cc1. The second kappa shape index (κ2) is 14.7.